The topological polar surface area (TPSA) is 71.8 Å². The molecule has 7 heteroatoms. The highest BCUT2D eigenvalue weighted by Crippen LogP contribution is 2.18. The summed E-state index contributed by atoms with van der Waals surface area (Å²) in [6, 6.07) is -0.244. The summed E-state index contributed by atoms with van der Waals surface area (Å²) in [5.41, 5.74) is 0. The Labute approximate surface area is 130 Å². The van der Waals surface area contributed by atoms with Gasteiger partial charge >= 0.3 is 6.03 Å². The molecule has 0 spiro atoms. The number of aromatic nitrogens is 3. The number of thioether (sulfide) groups is 1. The molecule has 0 radical (unpaired) electrons. The highest BCUT2D eigenvalue weighted by molar-refractivity contribution is 7.99. The van der Waals surface area contributed by atoms with Crippen LogP contribution in [-0.2, 0) is 13.0 Å². The van der Waals surface area contributed by atoms with Crippen molar-refractivity contribution in [3.63, 3.8) is 0 Å². The van der Waals surface area contributed by atoms with Crippen LogP contribution in [0.1, 0.15) is 50.8 Å². The molecule has 1 atom stereocenters. The Morgan fingerprint density at radius 2 is 2.29 bits per heavy atom. The Morgan fingerprint density at radius 3 is 3.10 bits per heavy atom. The van der Waals surface area contributed by atoms with Gasteiger partial charge in [-0.1, -0.05) is 6.92 Å². The van der Waals surface area contributed by atoms with E-state index in [0.717, 1.165) is 49.0 Å². The molecule has 0 aliphatic carbocycles. The lowest BCUT2D eigenvalue weighted by atomic mass is 10.1. The molecule has 2 N–H and O–H groups in total. The minimum atomic E-state index is -0.128. The van der Waals surface area contributed by atoms with Crippen molar-refractivity contribution < 1.29 is 4.79 Å². The lowest BCUT2D eigenvalue weighted by Gasteiger charge is -2.19. The monoisotopic (exact) mass is 311 g/mol. The van der Waals surface area contributed by atoms with Gasteiger partial charge in [-0.2, -0.15) is 11.8 Å². The molecule has 2 amide bonds. The highest BCUT2D eigenvalue weighted by Gasteiger charge is 2.20. The normalized spacial score (nSPS) is 15.3. The molecule has 1 aromatic heterocycles. The molecule has 0 saturated carbocycles. The van der Waals surface area contributed by atoms with Crippen LogP contribution in [0.15, 0.2) is 0 Å². The van der Waals surface area contributed by atoms with Crippen molar-refractivity contribution in [1.29, 1.82) is 0 Å². The minimum absolute atomic E-state index is 0.116. The van der Waals surface area contributed by atoms with E-state index in [1.165, 1.54) is 6.42 Å². The van der Waals surface area contributed by atoms with Gasteiger partial charge in [-0.05, 0) is 37.7 Å². The maximum atomic E-state index is 11.9. The van der Waals surface area contributed by atoms with E-state index < -0.39 is 0 Å². The number of carbonyl (C=O) groups excluding carboxylic acids is 1. The van der Waals surface area contributed by atoms with Crippen LogP contribution in [-0.4, -0.2) is 38.8 Å². The summed E-state index contributed by atoms with van der Waals surface area (Å²) in [4.78, 5) is 11.9. The summed E-state index contributed by atoms with van der Waals surface area (Å²) in [6.45, 7) is 5.77. The summed E-state index contributed by atoms with van der Waals surface area (Å²) < 4.78 is 2.15. The molecule has 2 heterocycles. The molecule has 0 bridgehead atoms. The van der Waals surface area contributed by atoms with Crippen molar-refractivity contribution in [1.82, 2.24) is 25.4 Å². The number of urea groups is 1. The zero-order chi connectivity index (χ0) is 15.1. The van der Waals surface area contributed by atoms with E-state index in [0.29, 0.717) is 6.54 Å². The van der Waals surface area contributed by atoms with Gasteiger partial charge in [-0.25, -0.2) is 4.79 Å². The third-order valence-electron chi connectivity index (χ3n) is 3.58. The number of nitrogens with zero attached hydrogens (tertiary/aromatic N) is 3. The van der Waals surface area contributed by atoms with Crippen LogP contribution in [0.2, 0.25) is 0 Å². The van der Waals surface area contributed by atoms with Gasteiger partial charge in [0, 0.05) is 19.5 Å². The van der Waals surface area contributed by atoms with E-state index in [9.17, 15) is 4.79 Å². The second-order valence-corrected chi connectivity index (χ2v) is 6.65. The van der Waals surface area contributed by atoms with Crippen molar-refractivity contribution in [2.75, 3.05) is 18.1 Å². The fourth-order valence-electron chi connectivity index (χ4n) is 2.48. The van der Waals surface area contributed by atoms with E-state index in [1.807, 2.05) is 18.7 Å². The molecular formula is C14H25N5OS. The van der Waals surface area contributed by atoms with Crippen LogP contribution in [0, 0.1) is 0 Å². The maximum absolute atomic E-state index is 11.9. The number of hydrogen-bond donors (Lipinski definition) is 2. The molecule has 1 aliphatic heterocycles. The first-order valence-electron chi connectivity index (χ1n) is 7.76. The van der Waals surface area contributed by atoms with Gasteiger partial charge in [0.2, 0.25) is 0 Å². The number of nitrogens with one attached hydrogen (secondary N) is 2. The van der Waals surface area contributed by atoms with Crippen LogP contribution in [0.4, 0.5) is 4.79 Å². The Bertz CT molecular complexity index is 462. The predicted octanol–water partition coefficient (Wildman–Crippen LogP) is 2.12. The van der Waals surface area contributed by atoms with Gasteiger partial charge in [0.15, 0.2) is 5.82 Å². The van der Waals surface area contributed by atoms with Gasteiger partial charge in [-0.15, -0.1) is 10.2 Å². The van der Waals surface area contributed by atoms with Crippen molar-refractivity contribution >= 4 is 17.8 Å². The van der Waals surface area contributed by atoms with E-state index in [-0.39, 0.29) is 12.1 Å². The average Bonchev–Trinajstić information content (AvgIpc) is 2.91. The zero-order valence-electron chi connectivity index (χ0n) is 12.9. The lowest BCUT2D eigenvalue weighted by molar-refractivity contribution is 0.237. The first-order chi connectivity index (χ1) is 10.2. The number of rotatable bonds is 7. The summed E-state index contributed by atoms with van der Waals surface area (Å²) in [5.74, 6) is 4.12. The highest BCUT2D eigenvalue weighted by atomic mass is 32.2. The fourth-order valence-corrected chi connectivity index (χ4v) is 3.12. The van der Waals surface area contributed by atoms with Crippen LogP contribution in [0.3, 0.4) is 0 Å². The van der Waals surface area contributed by atoms with Crippen LogP contribution in [0.5, 0.6) is 0 Å². The SMILES string of the molecule is CCSCCCNC(=O)N[C@@H](C)c1nnc2n1CCCC2. The molecule has 21 heavy (non-hydrogen) atoms. The average molecular weight is 311 g/mol. The molecular weight excluding hydrogens is 286 g/mol. The van der Waals surface area contributed by atoms with Gasteiger partial charge < -0.3 is 15.2 Å². The smallest absolute Gasteiger partial charge is 0.315 e. The van der Waals surface area contributed by atoms with E-state index >= 15 is 0 Å². The quantitative estimate of drug-likeness (QED) is 0.757. The number of amides is 2. The van der Waals surface area contributed by atoms with Crippen LogP contribution < -0.4 is 10.6 Å². The third-order valence-corrected chi connectivity index (χ3v) is 4.56. The first-order valence-corrected chi connectivity index (χ1v) is 8.92. The fraction of sp³-hybridized carbons (Fsp3) is 0.786. The molecule has 0 aromatic carbocycles. The molecule has 118 valence electrons. The van der Waals surface area contributed by atoms with Crippen molar-refractivity contribution in [3.05, 3.63) is 11.6 Å². The zero-order valence-corrected chi connectivity index (χ0v) is 13.7. The van der Waals surface area contributed by atoms with Crippen LogP contribution in [0.25, 0.3) is 0 Å². The van der Waals surface area contributed by atoms with Crippen molar-refractivity contribution in [3.8, 4) is 0 Å². The molecule has 1 aromatic rings. The van der Waals surface area contributed by atoms with E-state index in [1.54, 1.807) is 0 Å². The Morgan fingerprint density at radius 1 is 1.43 bits per heavy atom. The van der Waals surface area contributed by atoms with E-state index in [2.05, 4.69) is 32.3 Å². The van der Waals surface area contributed by atoms with Crippen LogP contribution >= 0.6 is 11.8 Å². The van der Waals surface area contributed by atoms with Gasteiger partial charge in [0.05, 0.1) is 6.04 Å². The molecule has 2 rings (SSSR count). The minimum Gasteiger partial charge on any atom is -0.338 e. The summed E-state index contributed by atoms with van der Waals surface area (Å²) in [6.07, 6.45) is 4.32. The maximum Gasteiger partial charge on any atom is 0.315 e. The Kier molecular flexibility index (Phi) is 6.35. The van der Waals surface area contributed by atoms with Gasteiger partial charge in [0.1, 0.15) is 5.82 Å². The summed E-state index contributed by atoms with van der Waals surface area (Å²) >= 11 is 1.89. The van der Waals surface area contributed by atoms with Gasteiger partial charge in [0.25, 0.3) is 0 Å². The van der Waals surface area contributed by atoms with Crippen molar-refractivity contribution in [2.45, 2.75) is 52.1 Å². The number of fused-ring (bicyclic) bond motifs is 1. The van der Waals surface area contributed by atoms with Crippen molar-refractivity contribution in [2.24, 2.45) is 0 Å². The second-order valence-electron chi connectivity index (χ2n) is 5.26. The molecule has 1 aliphatic rings. The Balaban J connectivity index is 1.77. The van der Waals surface area contributed by atoms with E-state index in [4.69, 9.17) is 0 Å². The van der Waals surface area contributed by atoms with Gasteiger partial charge in [-0.3, -0.25) is 0 Å². The number of hydrogen-bond acceptors (Lipinski definition) is 4. The largest absolute Gasteiger partial charge is 0.338 e. The summed E-state index contributed by atoms with van der Waals surface area (Å²) in [5, 5.41) is 14.3. The molecule has 6 nitrogen and oxygen atoms in total. The second kappa shape index (κ2) is 8.26. The Hall–Kier alpha value is -1.24. The lowest BCUT2D eigenvalue weighted by Crippen LogP contribution is -2.38. The molecule has 0 saturated heterocycles. The number of carbonyl (C=O) groups is 1. The third kappa shape index (κ3) is 4.62. The predicted molar refractivity (Wildman–Crippen MR) is 85.5 cm³/mol. The number of aryl methyl sites for hydroxylation is 1. The summed E-state index contributed by atoms with van der Waals surface area (Å²) in [7, 11) is 0. The molecule has 0 fully saturated rings. The first kappa shape index (κ1) is 16.1. The molecule has 0 unspecified atom stereocenters. The standard InChI is InChI=1S/C14H25N5OS/c1-3-21-10-6-8-15-14(20)16-11(2)13-18-17-12-7-4-5-9-19(12)13/h11H,3-10H2,1-2H3,(H2,15,16,20)/t11-/m0/s1.